The highest BCUT2D eigenvalue weighted by Gasteiger charge is 2.19. The van der Waals surface area contributed by atoms with Crippen LogP contribution in [0.25, 0.3) is 0 Å². The van der Waals surface area contributed by atoms with E-state index >= 15 is 0 Å². The zero-order chi connectivity index (χ0) is 56.4. The van der Waals surface area contributed by atoms with E-state index in [0.29, 0.717) is 19.3 Å². The molecule has 0 aliphatic heterocycles. The minimum absolute atomic E-state index is 0.0679. The van der Waals surface area contributed by atoms with Gasteiger partial charge in [0.25, 0.3) is 0 Å². The Morgan fingerprint density at radius 2 is 0.423 bits per heavy atom. The van der Waals surface area contributed by atoms with E-state index in [2.05, 4.69) is 45.1 Å². The van der Waals surface area contributed by atoms with E-state index in [1.165, 1.54) is 295 Å². The lowest BCUT2D eigenvalue weighted by Gasteiger charge is -2.18. The van der Waals surface area contributed by atoms with Crippen molar-refractivity contribution in [1.29, 1.82) is 0 Å². The van der Waals surface area contributed by atoms with Crippen LogP contribution in [0.5, 0.6) is 0 Å². The largest absolute Gasteiger partial charge is 0.462 e. The van der Waals surface area contributed by atoms with Gasteiger partial charge in [-0.3, -0.25) is 14.4 Å². The van der Waals surface area contributed by atoms with Crippen LogP contribution in [0.15, 0.2) is 24.3 Å². The van der Waals surface area contributed by atoms with E-state index in [1.807, 2.05) is 0 Å². The van der Waals surface area contributed by atoms with Gasteiger partial charge in [0.1, 0.15) is 13.2 Å². The van der Waals surface area contributed by atoms with Crippen molar-refractivity contribution in [2.24, 2.45) is 0 Å². The topological polar surface area (TPSA) is 78.9 Å². The van der Waals surface area contributed by atoms with E-state index in [-0.39, 0.29) is 31.1 Å². The molecule has 0 heterocycles. The molecular weight excluding hydrogens is 961 g/mol. The van der Waals surface area contributed by atoms with Gasteiger partial charge in [0, 0.05) is 19.3 Å². The second-order valence-electron chi connectivity index (χ2n) is 24.1. The standard InChI is InChI=1S/C72H136O6/c1-4-7-10-13-16-19-22-25-27-29-31-33-34-35-36-37-38-40-41-43-45-47-50-53-56-59-62-65-71(74)77-68-69(67-76-70(73)64-61-58-55-52-49-24-21-18-15-12-9-6-3)78-72(75)66-63-60-57-54-51-48-46-44-42-39-32-30-28-26-23-20-17-14-11-8-5-2/h18,21,29,31,69H,4-17,19-20,22-28,30,32-68H2,1-3H3/b21-18-,31-29-. The molecule has 1 atom stereocenters. The second kappa shape index (κ2) is 67.4. The molecule has 460 valence electrons. The van der Waals surface area contributed by atoms with Gasteiger partial charge in [-0.25, -0.2) is 0 Å². The Labute approximate surface area is 487 Å². The van der Waals surface area contributed by atoms with Crippen LogP contribution in [-0.4, -0.2) is 37.2 Å². The minimum Gasteiger partial charge on any atom is -0.462 e. The molecule has 0 aromatic rings. The molecule has 0 saturated carbocycles. The van der Waals surface area contributed by atoms with Gasteiger partial charge in [-0.05, 0) is 70.6 Å². The quantitative estimate of drug-likeness (QED) is 0.0261. The van der Waals surface area contributed by atoms with Crippen LogP contribution >= 0.6 is 0 Å². The third kappa shape index (κ3) is 64.7. The molecule has 6 nitrogen and oxygen atoms in total. The number of esters is 3. The van der Waals surface area contributed by atoms with Crippen molar-refractivity contribution in [3.05, 3.63) is 24.3 Å². The fourth-order valence-electron chi connectivity index (χ4n) is 10.8. The monoisotopic (exact) mass is 1100 g/mol. The lowest BCUT2D eigenvalue weighted by Crippen LogP contribution is -2.30. The normalized spacial score (nSPS) is 12.1. The molecule has 1 unspecified atom stereocenters. The summed E-state index contributed by atoms with van der Waals surface area (Å²) in [6, 6.07) is 0. The van der Waals surface area contributed by atoms with Gasteiger partial charge in [0.05, 0.1) is 0 Å². The van der Waals surface area contributed by atoms with Crippen LogP contribution < -0.4 is 0 Å². The Balaban J connectivity index is 4.18. The Bertz CT molecular complexity index is 1260. The van der Waals surface area contributed by atoms with E-state index < -0.39 is 6.10 Å². The van der Waals surface area contributed by atoms with Crippen LogP contribution in [0.1, 0.15) is 400 Å². The van der Waals surface area contributed by atoms with Crippen LogP contribution in [0, 0.1) is 0 Å². The summed E-state index contributed by atoms with van der Waals surface area (Å²) in [5, 5.41) is 0. The van der Waals surface area contributed by atoms with E-state index in [9.17, 15) is 14.4 Å². The summed E-state index contributed by atoms with van der Waals surface area (Å²) in [5.74, 6) is -0.847. The highest BCUT2D eigenvalue weighted by Crippen LogP contribution is 2.19. The van der Waals surface area contributed by atoms with E-state index in [1.54, 1.807) is 0 Å². The van der Waals surface area contributed by atoms with Crippen LogP contribution in [-0.2, 0) is 28.6 Å². The van der Waals surface area contributed by atoms with E-state index in [4.69, 9.17) is 14.2 Å². The van der Waals surface area contributed by atoms with Crippen molar-refractivity contribution in [2.45, 2.75) is 406 Å². The number of allylic oxidation sites excluding steroid dienone is 4. The molecule has 0 saturated heterocycles. The number of ether oxygens (including phenoxy) is 3. The van der Waals surface area contributed by atoms with Gasteiger partial charge in [-0.15, -0.1) is 0 Å². The summed E-state index contributed by atoms with van der Waals surface area (Å²) >= 11 is 0. The smallest absolute Gasteiger partial charge is 0.306 e. The summed E-state index contributed by atoms with van der Waals surface area (Å²) in [6.07, 6.45) is 82.2. The number of carbonyl (C=O) groups is 3. The predicted molar refractivity (Wildman–Crippen MR) is 340 cm³/mol. The molecular formula is C72H136O6. The first kappa shape index (κ1) is 75.9. The maximum absolute atomic E-state index is 12.9. The summed E-state index contributed by atoms with van der Waals surface area (Å²) in [6.45, 7) is 6.69. The molecule has 0 spiro atoms. The molecule has 6 heteroatoms. The van der Waals surface area contributed by atoms with Crippen molar-refractivity contribution in [1.82, 2.24) is 0 Å². The van der Waals surface area contributed by atoms with Gasteiger partial charge < -0.3 is 14.2 Å². The van der Waals surface area contributed by atoms with Gasteiger partial charge >= 0.3 is 17.9 Å². The number of hydrogen-bond donors (Lipinski definition) is 0. The fraction of sp³-hybridized carbons (Fsp3) is 0.903. The lowest BCUT2D eigenvalue weighted by molar-refractivity contribution is -0.167. The van der Waals surface area contributed by atoms with Gasteiger partial charge in [0.2, 0.25) is 0 Å². The molecule has 0 amide bonds. The summed E-state index contributed by atoms with van der Waals surface area (Å²) in [4.78, 5) is 38.4. The van der Waals surface area contributed by atoms with Gasteiger partial charge in [0.15, 0.2) is 6.10 Å². The van der Waals surface area contributed by atoms with Crippen molar-refractivity contribution in [3.8, 4) is 0 Å². The number of unbranched alkanes of at least 4 members (excludes halogenated alkanes) is 51. The first-order chi connectivity index (χ1) is 38.5. The zero-order valence-electron chi connectivity index (χ0n) is 53.0. The Morgan fingerprint density at radius 3 is 0.667 bits per heavy atom. The Hall–Kier alpha value is -2.11. The molecule has 0 aliphatic rings. The fourth-order valence-corrected chi connectivity index (χ4v) is 10.8. The average Bonchev–Trinajstić information content (AvgIpc) is 3.44. The third-order valence-corrected chi connectivity index (χ3v) is 16.2. The molecule has 0 fully saturated rings. The first-order valence-corrected chi connectivity index (χ1v) is 35.3. The molecule has 0 radical (unpaired) electrons. The zero-order valence-corrected chi connectivity index (χ0v) is 53.0. The van der Waals surface area contributed by atoms with Crippen molar-refractivity contribution >= 4 is 17.9 Å². The molecule has 0 N–H and O–H groups in total. The molecule has 0 bridgehead atoms. The average molecular weight is 1100 g/mol. The summed E-state index contributed by atoms with van der Waals surface area (Å²) in [7, 11) is 0. The summed E-state index contributed by atoms with van der Waals surface area (Å²) < 4.78 is 17.0. The Morgan fingerprint density at radius 1 is 0.244 bits per heavy atom. The molecule has 0 aromatic heterocycles. The molecule has 0 aromatic carbocycles. The van der Waals surface area contributed by atoms with Crippen LogP contribution in [0.2, 0.25) is 0 Å². The van der Waals surface area contributed by atoms with Crippen LogP contribution in [0.4, 0.5) is 0 Å². The second-order valence-corrected chi connectivity index (χ2v) is 24.1. The molecule has 0 aliphatic carbocycles. The maximum Gasteiger partial charge on any atom is 0.306 e. The highest BCUT2D eigenvalue weighted by atomic mass is 16.6. The summed E-state index contributed by atoms with van der Waals surface area (Å²) in [5.41, 5.74) is 0. The lowest BCUT2D eigenvalue weighted by atomic mass is 10.0. The van der Waals surface area contributed by atoms with Crippen molar-refractivity contribution in [3.63, 3.8) is 0 Å². The number of rotatable bonds is 66. The van der Waals surface area contributed by atoms with Crippen molar-refractivity contribution in [2.75, 3.05) is 13.2 Å². The first-order valence-electron chi connectivity index (χ1n) is 35.3. The molecule has 78 heavy (non-hydrogen) atoms. The van der Waals surface area contributed by atoms with E-state index in [0.717, 1.165) is 64.2 Å². The maximum atomic E-state index is 12.9. The highest BCUT2D eigenvalue weighted by molar-refractivity contribution is 5.71. The number of carbonyl (C=O) groups excluding carboxylic acids is 3. The molecule has 0 rings (SSSR count). The van der Waals surface area contributed by atoms with Crippen LogP contribution in [0.3, 0.4) is 0 Å². The van der Waals surface area contributed by atoms with Gasteiger partial charge in [-0.2, -0.15) is 0 Å². The Kier molecular flexibility index (Phi) is 65.6. The number of hydrogen-bond acceptors (Lipinski definition) is 6. The van der Waals surface area contributed by atoms with Gasteiger partial charge in [-0.1, -0.05) is 334 Å². The minimum atomic E-state index is -0.771. The predicted octanol–water partition coefficient (Wildman–Crippen LogP) is 24.2. The third-order valence-electron chi connectivity index (χ3n) is 16.2. The van der Waals surface area contributed by atoms with Crippen molar-refractivity contribution < 1.29 is 28.6 Å². The SMILES string of the molecule is CCCCC/C=C\CCCCCCCC(=O)OCC(COC(=O)CCCCCCCCCCCCCCCCC/C=C\CCCCCCCCCC)OC(=O)CCCCCCCCCCCCCCCCCCCCCCC.